The zero-order chi connectivity index (χ0) is 15.4. The first-order chi connectivity index (χ1) is 10.8. The van der Waals surface area contributed by atoms with Crippen molar-refractivity contribution in [1.82, 2.24) is 15.0 Å². The molecule has 22 heavy (non-hydrogen) atoms. The first kappa shape index (κ1) is 13.4. The lowest BCUT2D eigenvalue weighted by Crippen LogP contribution is -1.95. The van der Waals surface area contributed by atoms with Crippen molar-refractivity contribution in [2.45, 2.75) is 0 Å². The molecule has 3 rings (SSSR count). The summed E-state index contributed by atoms with van der Waals surface area (Å²) in [6, 6.07) is 18.2. The highest BCUT2D eigenvalue weighted by Gasteiger charge is 2.06. The van der Waals surface area contributed by atoms with Crippen molar-refractivity contribution in [3.8, 4) is 34.9 Å². The molecule has 0 atom stereocenters. The van der Waals surface area contributed by atoms with Crippen LogP contribution in [0, 0.1) is 22.7 Å². The lowest BCUT2D eigenvalue weighted by atomic mass is 10.1. The Kier molecular flexibility index (Phi) is 3.55. The summed E-state index contributed by atoms with van der Waals surface area (Å²) in [5.74, 6) is 1.08. The van der Waals surface area contributed by atoms with Gasteiger partial charge >= 0.3 is 0 Å². The maximum absolute atomic E-state index is 8.82. The third-order valence-corrected chi connectivity index (χ3v) is 3.12. The van der Waals surface area contributed by atoms with Crippen molar-refractivity contribution < 1.29 is 0 Å². The van der Waals surface area contributed by atoms with E-state index in [4.69, 9.17) is 10.5 Å². The van der Waals surface area contributed by atoms with Gasteiger partial charge in [0.1, 0.15) is 6.33 Å². The Hall–Kier alpha value is -3.57. The number of hydrogen-bond donors (Lipinski definition) is 0. The van der Waals surface area contributed by atoms with Gasteiger partial charge in [-0.1, -0.05) is 0 Å². The van der Waals surface area contributed by atoms with Gasteiger partial charge in [0.25, 0.3) is 0 Å². The van der Waals surface area contributed by atoms with Crippen LogP contribution in [-0.4, -0.2) is 15.0 Å². The van der Waals surface area contributed by atoms with Crippen LogP contribution in [-0.2, 0) is 0 Å². The average molecular weight is 283 g/mol. The molecule has 0 aliphatic carbocycles. The Balaban J connectivity index is 1.98. The van der Waals surface area contributed by atoms with Crippen LogP contribution >= 0.6 is 0 Å². The maximum atomic E-state index is 8.82. The zero-order valence-electron chi connectivity index (χ0n) is 11.4. The third kappa shape index (κ3) is 2.65. The number of nitrogens with zero attached hydrogens (tertiary/aromatic N) is 5. The van der Waals surface area contributed by atoms with Gasteiger partial charge in [-0.3, -0.25) is 0 Å². The van der Waals surface area contributed by atoms with E-state index >= 15 is 0 Å². The van der Waals surface area contributed by atoms with E-state index in [1.54, 1.807) is 48.5 Å². The molecule has 1 aromatic heterocycles. The Morgan fingerprint density at radius 3 is 1.41 bits per heavy atom. The normalized spacial score (nSPS) is 9.73. The van der Waals surface area contributed by atoms with E-state index in [-0.39, 0.29) is 0 Å². The molecule has 2 aromatic carbocycles. The van der Waals surface area contributed by atoms with Gasteiger partial charge in [-0.25, -0.2) is 15.0 Å². The van der Waals surface area contributed by atoms with Crippen LogP contribution in [0.3, 0.4) is 0 Å². The number of rotatable bonds is 2. The first-order valence-electron chi connectivity index (χ1n) is 6.50. The Labute approximate surface area is 127 Å². The van der Waals surface area contributed by atoms with Crippen molar-refractivity contribution in [2.24, 2.45) is 0 Å². The van der Waals surface area contributed by atoms with Gasteiger partial charge in [0.15, 0.2) is 11.6 Å². The summed E-state index contributed by atoms with van der Waals surface area (Å²) in [7, 11) is 0. The molecule has 0 fully saturated rings. The molecule has 0 unspecified atom stereocenters. The lowest BCUT2D eigenvalue weighted by Gasteiger charge is -2.03. The molecular formula is C17H9N5. The van der Waals surface area contributed by atoms with E-state index in [9.17, 15) is 0 Å². The van der Waals surface area contributed by atoms with Crippen LogP contribution in [0.2, 0.25) is 0 Å². The van der Waals surface area contributed by atoms with Crippen molar-refractivity contribution >= 4 is 0 Å². The molecule has 3 aromatic rings. The van der Waals surface area contributed by atoms with Crippen LogP contribution in [0.25, 0.3) is 22.8 Å². The molecule has 1 heterocycles. The second kappa shape index (κ2) is 5.82. The monoisotopic (exact) mass is 283 g/mol. The topological polar surface area (TPSA) is 86.2 Å². The molecule has 0 aliphatic heterocycles. The van der Waals surface area contributed by atoms with Crippen molar-refractivity contribution in [2.75, 3.05) is 0 Å². The van der Waals surface area contributed by atoms with E-state index in [1.165, 1.54) is 6.33 Å². The van der Waals surface area contributed by atoms with E-state index in [2.05, 4.69) is 27.1 Å². The highest BCUT2D eigenvalue weighted by atomic mass is 15.0. The Bertz CT molecular complexity index is 811. The fraction of sp³-hybridized carbons (Fsp3) is 0. The Morgan fingerprint density at radius 2 is 1.05 bits per heavy atom. The minimum absolute atomic E-state index is 0.541. The fourth-order valence-corrected chi connectivity index (χ4v) is 1.96. The standard InChI is InChI=1S/C17H9N5/c18-9-12-1-5-14(6-2-12)16-20-11-21-17(22-16)15-7-3-13(10-19)4-8-15/h1-8,11H. The second-order valence-electron chi connectivity index (χ2n) is 4.51. The lowest BCUT2D eigenvalue weighted by molar-refractivity contribution is 1.06. The highest BCUT2D eigenvalue weighted by Crippen LogP contribution is 2.19. The Morgan fingerprint density at radius 1 is 0.636 bits per heavy atom. The fourth-order valence-electron chi connectivity index (χ4n) is 1.96. The van der Waals surface area contributed by atoms with Gasteiger partial charge in [-0.05, 0) is 48.5 Å². The SMILES string of the molecule is N#Cc1ccc(-c2ncnc(-c3ccc(C#N)cc3)n2)cc1. The summed E-state index contributed by atoms with van der Waals surface area (Å²) in [5, 5.41) is 17.6. The summed E-state index contributed by atoms with van der Waals surface area (Å²) in [4.78, 5) is 12.8. The van der Waals surface area contributed by atoms with Gasteiger partial charge in [-0.15, -0.1) is 0 Å². The molecule has 5 heteroatoms. The molecular weight excluding hydrogens is 274 g/mol. The molecule has 0 saturated heterocycles. The molecule has 0 aliphatic rings. The van der Waals surface area contributed by atoms with Gasteiger partial charge in [-0.2, -0.15) is 10.5 Å². The summed E-state index contributed by atoms with van der Waals surface area (Å²) in [5.41, 5.74) is 2.81. The minimum Gasteiger partial charge on any atom is -0.217 e. The predicted octanol–water partition coefficient (Wildman–Crippen LogP) is 2.95. The van der Waals surface area contributed by atoms with Gasteiger partial charge < -0.3 is 0 Å². The summed E-state index contributed by atoms with van der Waals surface area (Å²) in [6.07, 6.45) is 1.45. The van der Waals surface area contributed by atoms with E-state index in [1.807, 2.05) is 0 Å². The predicted molar refractivity (Wildman–Crippen MR) is 80.1 cm³/mol. The summed E-state index contributed by atoms with van der Waals surface area (Å²) in [6.45, 7) is 0. The van der Waals surface area contributed by atoms with E-state index in [0.29, 0.717) is 22.8 Å². The number of benzene rings is 2. The number of aromatic nitrogens is 3. The van der Waals surface area contributed by atoms with E-state index in [0.717, 1.165) is 11.1 Å². The highest BCUT2D eigenvalue weighted by molar-refractivity contribution is 5.61. The molecule has 0 spiro atoms. The quantitative estimate of drug-likeness (QED) is 0.721. The van der Waals surface area contributed by atoms with Gasteiger partial charge in [0.05, 0.1) is 23.3 Å². The smallest absolute Gasteiger partial charge is 0.163 e. The van der Waals surface area contributed by atoms with Crippen LogP contribution < -0.4 is 0 Å². The zero-order valence-corrected chi connectivity index (χ0v) is 11.4. The third-order valence-electron chi connectivity index (χ3n) is 3.12. The van der Waals surface area contributed by atoms with Crippen LogP contribution in [0.5, 0.6) is 0 Å². The van der Waals surface area contributed by atoms with Gasteiger partial charge in [0, 0.05) is 11.1 Å². The first-order valence-corrected chi connectivity index (χ1v) is 6.50. The number of hydrogen-bond acceptors (Lipinski definition) is 5. The maximum Gasteiger partial charge on any atom is 0.163 e. The molecule has 0 amide bonds. The molecule has 0 bridgehead atoms. The average Bonchev–Trinajstić information content (AvgIpc) is 2.62. The molecule has 0 N–H and O–H groups in total. The van der Waals surface area contributed by atoms with Crippen molar-refractivity contribution in [3.05, 3.63) is 66.0 Å². The van der Waals surface area contributed by atoms with Crippen molar-refractivity contribution in [3.63, 3.8) is 0 Å². The molecule has 5 nitrogen and oxygen atoms in total. The largest absolute Gasteiger partial charge is 0.217 e. The van der Waals surface area contributed by atoms with Crippen LogP contribution in [0.1, 0.15) is 11.1 Å². The van der Waals surface area contributed by atoms with Crippen molar-refractivity contribution in [1.29, 1.82) is 10.5 Å². The van der Waals surface area contributed by atoms with E-state index < -0.39 is 0 Å². The van der Waals surface area contributed by atoms with Gasteiger partial charge in [0.2, 0.25) is 0 Å². The van der Waals surface area contributed by atoms with Crippen LogP contribution in [0.4, 0.5) is 0 Å². The second-order valence-corrected chi connectivity index (χ2v) is 4.51. The minimum atomic E-state index is 0.541. The summed E-state index contributed by atoms with van der Waals surface area (Å²) >= 11 is 0. The molecule has 0 saturated carbocycles. The molecule has 0 radical (unpaired) electrons. The number of nitriles is 2. The summed E-state index contributed by atoms with van der Waals surface area (Å²) < 4.78 is 0. The van der Waals surface area contributed by atoms with Crippen LogP contribution in [0.15, 0.2) is 54.9 Å². The molecule has 102 valence electrons.